The van der Waals surface area contributed by atoms with Gasteiger partial charge in [0.15, 0.2) is 0 Å². The van der Waals surface area contributed by atoms with Gasteiger partial charge in [0, 0.05) is 24.8 Å². The van der Waals surface area contributed by atoms with Crippen molar-refractivity contribution in [1.29, 1.82) is 0 Å². The summed E-state index contributed by atoms with van der Waals surface area (Å²) in [6.07, 6.45) is 0.0123. The van der Waals surface area contributed by atoms with E-state index in [2.05, 4.69) is 10.2 Å². The number of ether oxygens (including phenoxy) is 1. The first-order chi connectivity index (χ1) is 9.15. The highest BCUT2D eigenvalue weighted by Crippen LogP contribution is 2.09. The van der Waals surface area contributed by atoms with Crippen molar-refractivity contribution in [2.75, 3.05) is 31.6 Å². The number of hydrogen-bond donors (Lipinski definition) is 2. The van der Waals surface area contributed by atoms with E-state index < -0.39 is 0 Å². The van der Waals surface area contributed by atoms with Gasteiger partial charge in [-0.25, -0.2) is 0 Å². The van der Waals surface area contributed by atoms with E-state index in [1.165, 1.54) is 0 Å². The molecule has 104 valence electrons. The van der Waals surface area contributed by atoms with E-state index in [0.717, 1.165) is 12.2 Å². The van der Waals surface area contributed by atoms with Gasteiger partial charge in [-0.2, -0.15) is 0 Å². The average molecular weight is 263 g/mol. The zero-order valence-electron chi connectivity index (χ0n) is 11.2. The molecule has 0 radical (unpaired) electrons. The van der Waals surface area contributed by atoms with Gasteiger partial charge in [-0.1, -0.05) is 18.2 Å². The smallest absolute Gasteiger partial charge is 0.238 e. The SMILES string of the molecule is CC(N)C1CN(CC(=O)Nc2ccccc2)CCO1. The number of carbonyl (C=O) groups excluding carboxylic acids is 1. The largest absolute Gasteiger partial charge is 0.374 e. The minimum atomic E-state index is -0.0139. The summed E-state index contributed by atoms with van der Waals surface area (Å²) in [5.74, 6) is -0.00322. The van der Waals surface area contributed by atoms with Crippen molar-refractivity contribution in [2.24, 2.45) is 5.73 Å². The predicted octanol–water partition coefficient (Wildman–Crippen LogP) is 0.673. The van der Waals surface area contributed by atoms with Crippen LogP contribution >= 0.6 is 0 Å². The molecule has 0 aromatic heterocycles. The second-order valence-electron chi connectivity index (χ2n) is 4.92. The molecule has 1 amide bonds. The molecule has 1 saturated heterocycles. The van der Waals surface area contributed by atoms with Crippen LogP contribution in [0.4, 0.5) is 5.69 Å². The molecule has 19 heavy (non-hydrogen) atoms. The predicted molar refractivity (Wildman–Crippen MR) is 74.9 cm³/mol. The fourth-order valence-electron chi connectivity index (χ4n) is 2.12. The van der Waals surface area contributed by atoms with Crippen LogP contribution in [-0.4, -0.2) is 49.2 Å². The van der Waals surface area contributed by atoms with Gasteiger partial charge in [0.2, 0.25) is 5.91 Å². The van der Waals surface area contributed by atoms with Crippen LogP contribution in [-0.2, 0) is 9.53 Å². The molecule has 0 bridgehead atoms. The molecule has 1 aromatic carbocycles. The number of anilines is 1. The summed E-state index contributed by atoms with van der Waals surface area (Å²) in [6.45, 7) is 4.41. The molecule has 1 fully saturated rings. The molecule has 2 rings (SSSR count). The minimum absolute atomic E-state index is 0.00322. The fraction of sp³-hybridized carbons (Fsp3) is 0.500. The van der Waals surface area contributed by atoms with E-state index >= 15 is 0 Å². The van der Waals surface area contributed by atoms with Crippen LogP contribution in [0, 0.1) is 0 Å². The first-order valence-corrected chi connectivity index (χ1v) is 6.59. The summed E-state index contributed by atoms with van der Waals surface area (Å²) in [7, 11) is 0. The van der Waals surface area contributed by atoms with Gasteiger partial charge < -0.3 is 15.8 Å². The summed E-state index contributed by atoms with van der Waals surface area (Å²) in [4.78, 5) is 14.0. The van der Waals surface area contributed by atoms with Crippen molar-refractivity contribution in [3.05, 3.63) is 30.3 Å². The molecule has 1 aliphatic heterocycles. The monoisotopic (exact) mass is 263 g/mol. The Bertz CT molecular complexity index is 408. The van der Waals surface area contributed by atoms with Gasteiger partial charge in [-0.15, -0.1) is 0 Å². The van der Waals surface area contributed by atoms with E-state index in [4.69, 9.17) is 10.5 Å². The first-order valence-electron chi connectivity index (χ1n) is 6.59. The number of rotatable bonds is 4. The zero-order chi connectivity index (χ0) is 13.7. The van der Waals surface area contributed by atoms with Crippen LogP contribution in [0.3, 0.4) is 0 Å². The lowest BCUT2D eigenvalue weighted by Gasteiger charge is -2.34. The standard InChI is InChI=1S/C14H21N3O2/c1-11(15)13-9-17(7-8-19-13)10-14(18)16-12-5-3-2-4-6-12/h2-6,11,13H,7-10,15H2,1H3,(H,16,18). The van der Waals surface area contributed by atoms with Crippen LogP contribution < -0.4 is 11.1 Å². The highest BCUT2D eigenvalue weighted by Gasteiger charge is 2.24. The summed E-state index contributed by atoms with van der Waals surface area (Å²) in [5.41, 5.74) is 6.66. The van der Waals surface area contributed by atoms with Crippen molar-refractivity contribution >= 4 is 11.6 Å². The molecular formula is C14H21N3O2. The van der Waals surface area contributed by atoms with Crippen LogP contribution in [0.25, 0.3) is 0 Å². The molecule has 0 saturated carbocycles. The topological polar surface area (TPSA) is 67.6 Å². The van der Waals surface area contributed by atoms with Crippen molar-refractivity contribution in [3.63, 3.8) is 0 Å². The van der Waals surface area contributed by atoms with Crippen LogP contribution in [0.5, 0.6) is 0 Å². The maximum Gasteiger partial charge on any atom is 0.238 e. The van der Waals surface area contributed by atoms with Gasteiger partial charge in [0.25, 0.3) is 0 Å². The van der Waals surface area contributed by atoms with Crippen LogP contribution in [0.1, 0.15) is 6.92 Å². The van der Waals surface area contributed by atoms with Gasteiger partial charge in [-0.05, 0) is 19.1 Å². The lowest BCUT2D eigenvalue weighted by molar-refractivity contribution is -0.119. The Kier molecular flexibility index (Phi) is 4.90. The third kappa shape index (κ3) is 4.31. The van der Waals surface area contributed by atoms with E-state index in [9.17, 15) is 4.79 Å². The van der Waals surface area contributed by atoms with Crippen LogP contribution in [0.2, 0.25) is 0 Å². The Morgan fingerprint density at radius 1 is 1.53 bits per heavy atom. The normalized spacial score (nSPS) is 21.9. The molecule has 5 nitrogen and oxygen atoms in total. The first kappa shape index (κ1) is 14.0. The minimum Gasteiger partial charge on any atom is -0.374 e. The number of benzene rings is 1. The zero-order valence-corrected chi connectivity index (χ0v) is 11.2. The molecule has 1 aliphatic rings. The number of nitrogens with one attached hydrogen (secondary N) is 1. The molecule has 2 atom stereocenters. The molecule has 0 aliphatic carbocycles. The van der Waals surface area contributed by atoms with Gasteiger partial charge in [0.1, 0.15) is 0 Å². The van der Waals surface area contributed by atoms with Gasteiger partial charge in [0.05, 0.1) is 19.3 Å². The van der Waals surface area contributed by atoms with Crippen molar-refractivity contribution < 1.29 is 9.53 Å². The van der Waals surface area contributed by atoms with Crippen molar-refractivity contribution in [3.8, 4) is 0 Å². The fourth-order valence-corrected chi connectivity index (χ4v) is 2.12. The molecule has 3 N–H and O–H groups in total. The number of para-hydroxylation sites is 1. The average Bonchev–Trinajstić information content (AvgIpc) is 2.40. The Hall–Kier alpha value is -1.43. The van der Waals surface area contributed by atoms with Gasteiger partial charge in [-0.3, -0.25) is 9.69 Å². The Balaban J connectivity index is 1.82. The van der Waals surface area contributed by atoms with Gasteiger partial charge >= 0.3 is 0 Å². The number of morpholine rings is 1. The lowest BCUT2D eigenvalue weighted by Crippen LogP contribution is -2.51. The third-order valence-corrected chi connectivity index (χ3v) is 3.19. The number of amides is 1. The van der Waals surface area contributed by atoms with Crippen LogP contribution in [0.15, 0.2) is 30.3 Å². The number of nitrogens with zero attached hydrogens (tertiary/aromatic N) is 1. The second kappa shape index (κ2) is 6.65. The molecule has 1 heterocycles. The van der Waals surface area contributed by atoms with E-state index in [1.807, 2.05) is 37.3 Å². The maximum atomic E-state index is 11.9. The molecule has 0 spiro atoms. The van der Waals surface area contributed by atoms with E-state index in [-0.39, 0.29) is 18.1 Å². The summed E-state index contributed by atoms with van der Waals surface area (Å²) < 4.78 is 5.57. The summed E-state index contributed by atoms with van der Waals surface area (Å²) in [5, 5.41) is 2.88. The highest BCUT2D eigenvalue weighted by molar-refractivity contribution is 5.92. The Morgan fingerprint density at radius 2 is 2.26 bits per heavy atom. The number of carbonyl (C=O) groups is 1. The van der Waals surface area contributed by atoms with E-state index in [1.54, 1.807) is 0 Å². The highest BCUT2D eigenvalue weighted by atomic mass is 16.5. The molecule has 1 aromatic rings. The third-order valence-electron chi connectivity index (χ3n) is 3.19. The lowest BCUT2D eigenvalue weighted by atomic mass is 10.1. The summed E-state index contributed by atoms with van der Waals surface area (Å²) in [6, 6.07) is 9.46. The van der Waals surface area contributed by atoms with Crippen molar-refractivity contribution in [1.82, 2.24) is 4.90 Å². The Labute approximate surface area is 113 Å². The molecule has 5 heteroatoms. The number of nitrogens with two attached hydrogens (primary N) is 1. The quantitative estimate of drug-likeness (QED) is 0.838. The Morgan fingerprint density at radius 3 is 2.95 bits per heavy atom. The second-order valence-corrected chi connectivity index (χ2v) is 4.92. The number of hydrogen-bond acceptors (Lipinski definition) is 4. The molecular weight excluding hydrogens is 242 g/mol. The van der Waals surface area contributed by atoms with Crippen molar-refractivity contribution in [2.45, 2.75) is 19.1 Å². The van der Waals surface area contributed by atoms with E-state index in [0.29, 0.717) is 19.7 Å². The maximum absolute atomic E-state index is 11.9. The molecule has 2 unspecified atom stereocenters. The summed E-state index contributed by atoms with van der Waals surface area (Å²) >= 11 is 0.